The van der Waals surface area contributed by atoms with Crippen molar-refractivity contribution < 1.29 is 13.2 Å². The van der Waals surface area contributed by atoms with Gasteiger partial charge >= 0.3 is 6.18 Å². The summed E-state index contributed by atoms with van der Waals surface area (Å²) in [6, 6.07) is 7.53. The van der Waals surface area contributed by atoms with E-state index in [1.165, 1.54) is 6.92 Å². The molecule has 1 saturated carbocycles. The molecule has 3 N–H and O–H groups in total. The van der Waals surface area contributed by atoms with Crippen LogP contribution in [0.15, 0.2) is 24.4 Å². The average Bonchev–Trinajstić information content (AvgIpc) is 3.39. The van der Waals surface area contributed by atoms with Gasteiger partial charge in [-0.15, -0.1) is 5.10 Å². The number of nitrogen functional groups attached to an aromatic ring is 1. The molecule has 0 saturated heterocycles. The number of pyridine rings is 1. The van der Waals surface area contributed by atoms with Crippen molar-refractivity contribution in [3.63, 3.8) is 0 Å². The van der Waals surface area contributed by atoms with Crippen LogP contribution in [-0.4, -0.2) is 41.9 Å². The molecule has 0 atom stereocenters. The number of hydrogen-bond donors (Lipinski definition) is 2. The maximum atomic E-state index is 13.1. The lowest BCUT2D eigenvalue weighted by Gasteiger charge is -2.31. The van der Waals surface area contributed by atoms with Gasteiger partial charge in [-0.05, 0) is 63.6 Å². The molecule has 0 aromatic carbocycles. The summed E-state index contributed by atoms with van der Waals surface area (Å²) in [6.07, 6.45) is 0.988. The van der Waals surface area contributed by atoms with Crippen molar-refractivity contribution in [1.29, 1.82) is 5.26 Å². The molecule has 1 aliphatic rings. The molecule has 12 heteroatoms. The van der Waals surface area contributed by atoms with Gasteiger partial charge in [0.25, 0.3) is 0 Å². The Morgan fingerprint density at radius 1 is 1.19 bits per heavy atom. The summed E-state index contributed by atoms with van der Waals surface area (Å²) in [5.41, 5.74) is 8.18. The van der Waals surface area contributed by atoms with Crippen molar-refractivity contribution in [2.24, 2.45) is 11.3 Å². The standard InChI is InChI=1S/C24H26F3N9/c1-14-31-18-4-3-17(32-21(18)35(14)13-24(25,26)27)16-7-10-36-19(16)20(29)33-22(34-36)30-11-15-5-8-23(2,12-28)9-6-15/h3-4,7,10,15H,5-6,8-9,11,13H2,1-2H3,(H3,29,30,33,34). The van der Waals surface area contributed by atoms with E-state index in [2.05, 4.69) is 31.4 Å². The zero-order valence-corrected chi connectivity index (χ0v) is 20.0. The highest BCUT2D eigenvalue weighted by molar-refractivity contribution is 5.88. The third kappa shape index (κ3) is 4.53. The Morgan fingerprint density at radius 2 is 1.94 bits per heavy atom. The lowest BCUT2D eigenvalue weighted by atomic mass is 9.73. The molecule has 0 radical (unpaired) electrons. The molecule has 0 amide bonds. The zero-order valence-electron chi connectivity index (χ0n) is 20.0. The molecule has 188 valence electrons. The van der Waals surface area contributed by atoms with Crippen molar-refractivity contribution >= 4 is 28.4 Å². The van der Waals surface area contributed by atoms with Gasteiger partial charge in [0, 0.05) is 18.3 Å². The van der Waals surface area contributed by atoms with Crippen molar-refractivity contribution in [3.8, 4) is 17.3 Å². The summed E-state index contributed by atoms with van der Waals surface area (Å²) in [6.45, 7) is 3.05. The van der Waals surface area contributed by atoms with E-state index in [9.17, 15) is 18.4 Å². The third-order valence-electron chi connectivity index (χ3n) is 6.96. The minimum atomic E-state index is -4.40. The maximum Gasteiger partial charge on any atom is 0.406 e. The minimum Gasteiger partial charge on any atom is -0.382 e. The molecule has 0 aliphatic heterocycles. The SMILES string of the molecule is Cc1nc2ccc(-c3ccn4nc(NCC5CCC(C)(C#N)CC5)nc(N)c34)nc2n1CC(F)(F)F. The Kier molecular flexibility index (Phi) is 5.73. The molecule has 36 heavy (non-hydrogen) atoms. The fraction of sp³-hybridized carbons (Fsp3) is 0.458. The van der Waals surface area contributed by atoms with Crippen LogP contribution in [-0.2, 0) is 6.54 Å². The number of nitrogens with one attached hydrogen (secondary N) is 1. The summed E-state index contributed by atoms with van der Waals surface area (Å²) in [4.78, 5) is 13.1. The highest BCUT2D eigenvalue weighted by Crippen LogP contribution is 2.38. The Morgan fingerprint density at radius 3 is 2.64 bits per heavy atom. The lowest BCUT2D eigenvalue weighted by molar-refractivity contribution is -0.140. The molecule has 5 rings (SSSR count). The lowest BCUT2D eigenvalue weighted by Crippen LogP contribution is -2.27. The Balaban J connectivity index is 1.40. The van der Waals surface area contributed by atoms with Crippen LogP contribution in [0.3, 0.4) is 0 Å². The fourth-order valence-corrected chi connectivity index (χ4v) is 4.83. The van der Waals surface area contributed by atoms with Crippen LogP contribution in [0.2, 0.25) is 0 Å². The number of alkyl halides is 3. The Hall–Kier alpha value is -3.88. The summed E-state index contributed by atoms with van der Waals surface area (Å²) in [7, 11) is 0. The molecule has 9 nitrogen and oxygen atoms in total. The van der Waals surface area contributed by atoms with Crippen LogP contribution in [0.1, 0.15) is 38.4 Å². The highest BCUT2D eigenvalue weighted by atomic mass is 19.4. The van der Waals surface area contributed by atoms with Crippen LogP contribution in [0.25, 0.3) is 27.9 Å². The molecule has 4 heterocycles. The van der Waals surface area contributed by atoms with E-state index in [1.54, 1.807) is 28.9 Å². The second kappa shape index (κ2) is 8.65. The van der Waals surface area contributed by atoms with E-state index < -0.39 is 12.7 Å². The first-order chi connectivity index (χ1) is 17.0. The predicted molar refractivity (Wildman–Crippen MR) is 129 cm³/mol. The van der Waals surface area contributed by atoms with Gasteiger partial charge < -0.3 is 15.6 Å². The second-order valence-corrected chi connectivity index (χ2v) is 9.74. The Labute approximate surface area is 205 Å². The number of nitriles is 1. The average molecular weight is 498 g/mol. The molecule has 0 unspecified atom stereocenters. The van der Waals surface area contributed by atoms with Crippen molar-refractivity contribution in [2.75, 3.05) is 17.6 Å². The highest BCUT2D eigenvalue weighted by Gasteiger charge is 2.31. The normalized spacial score (nSPS) is 20.6. The van der Waals surface area contributed by atoms with Gasteiger partial charge in [0.05, 0.1) is 17.2 Å². The quantitative estimate of drug-likeness (QED) is 0.409. The van der Waals surface area contributed by atoms with Crippen LogP contribution >= 0.6 is 0 Å². The number of fused-ring (bicyclic) bond motifs is 2. The molecular formula is C24H26F3N9. The molecule has 1 fully saturated rings. The van der Waals surface area contributed by atoms with Gasteiger partial charge in [-0.25, -0.2) is 14.5 Å². The van der Waals surface area contributed by atoms with E-state index in [-0.39, 0.29) is 22.7 Å². The first-order valence-electron chi connectivity index (χ1n) is 11.8. The summed E-state index contributed by atoms with van der Waals surface area (Å²) >= 11 is 0. The zero-order chi connectivity index (χ0) is 25.7. The number of aryl methyl sites for hydroxylation is 1. The van der Waals surface area contributed by atoms with E-state index in [4.69, 9.17) is 5.73 Å². The first-order valence-corrected chi connectivity index (χ1v) is 11.8. The van der Waals surface area contributed by atoms with Gasteiger partial charge in [-0.2, -0.15) is 23.4 Å². The molecule has 1 aliphatic carbocycles. The molecule has 0 spiro atoms. The van der Waals surface area contributed by atoms with E-state index >= 15 is 0 Å². The topological polar surface area (TPSA) is 123 Å². The van der Waals surface area contributed by atoms with Gasteiger partial charge in [-0.3, -0.25) is 0 Å². The number of halogens is 3. The van der Waals surface area contributed by atoms with Crippen molar-refractivity contribution in [2.45, 2.75) is 52.3 Å². The second-order valence-electron chi connectivity index (χ2n) is 9.74. The van der Waals surface area contributed by atoms with Crippen LogP contribution in [0, 0.1) is 29.6 Å². The molecule has 4 aromatic heterocycles. The number of aromatic nitrogens is 6. The fourth-order valence-electron chi connectivity index (χ4n) is 4.83. The van der Waals surface area contributed by atoms with Crippen LogP contribution in [0.5, 0.6) is 0 Å². The van der Waals surface area contributed by atoms with Crippen molar-refractivity contribution in [1.82, 2.24) is 29.1 Å². The van der Waals surface area contributed by atoms with Gasteiger partial charge in [0.1, 0.15) is 23.4 Å². The minimum absolute atomic E-state index is 0.152. The number of nitrogens with zero attached hydrogens (tertiary/aromatic N) is 7. The summed E-state index contributed by atoms with van der Waals surface area (Å²) < 4.78 is 42.0. The van der Waals surface area contributed by atoms with Crippen LogP contribution < -0.4 is 11.1 Å². The van der Waals surface area contributed by atoms with Gasteiger partial charge in [-0.1, -0.05) is 0 Å². The molecule has 4 aromatic rings. The van der Waals surface area contributed by atoms with Gasteiger partial charge in [0.15, 0.2) is 11.5 Å². The number of nitrogens with two attached hydrogens (primary N) is 1. The third-order valence-corrected chi connectivity index (χ3v) is 6.96. The Bertz CT molecular complexity index is 1470. The van der Waals surface area contributed by atoms with E-state index in [1.807, 2.05) is 6.92 Å². The number of imidazole rings is 1. The van der Waals surface area contributed by atoms with Crippen LogP contribution in [0.4, 0.5) is 24.9 Å². The summed E-state index contributed by atoms with van der Waals surface area (Å²) in [5.74, 6) is 1.28. The molecule has 0 bridgehead atoms. The number of anilines is 2. The predicted octanol–water partition coefficient (Wildman–Crippen LogP) is 4.73. The first kappa shape index (κ1) is 23.8. The number of hydrogen-bond acceptors (Lipinski definition) is 7. The van der Waals surface area contributed by atoms with Gasteiger partial charge in [0.2, 0.25) is 5.95 Å². The largest absolute Gasteiger partial charge is 0.406 e. The smallest absolute Gasteiger partial charge is 0.382 e. The van der Waals surface area contributed by atoms with E-state index in [0.29, 0.717) is 40.7 Å². The van der Waals surface area contributed by atoms with E-state index in [0.717, 1.165) is 30.3 Å². The maximum absolute atomic E-state index is 13.1. The van der Waals surface area contributed by atoms with Crippen molar-refractivity contribution in [3.05, 3.63) is 30.2 Å². The monoisotopic (exact) mass is 497 g/mol. The summed E-state index contributed by atoms with van der Waals surface area (Å²) in [5, 5.41) is 17.1. The number of rotatable bonds is 5. The molecular weight excluding hydrogens is 471 g/mol.